The Labute approximate surface area is 122 Å². The number of hydrogen-bond acceptors (Lipinski definition) is 4. The highest BCUT2D eigenvalue weighted by Gasteiger charge is 2.28. The molecule has 3 rings (SSSR count). The second kappa shape index (κ2) is 4.98. The van der Waals surface area contributed by atoms with Crippen LogP contribution in [0.1, 0.15) is 26.4 Å². The summed E-state index contributed by atoms with van der Waals surface area (Å²) in [7, 11) is 1.37. The van der Waals surface area contributed by atoms with Crippen LogP contribution in [0.5, 0.6) is 0 Å². The summed E-state index contributed by atoms with van der Waals surface area (Å²) >= 11 is 0. The molecule has 2 aromatic rings. The molecule has 0 fully saturated rings. The maximum absolute atomic E-state index is 12.1. The van der Waals surface area contributed by atoms with Crippen LogP contribution < -0.4 is 0 Å². The minimum Gasteiger partial charge on any atom is -0.492 e. The number of aromatic nitrogens is 1. The van der Waals surface area contributed by atoms with Crippen LogP contribution in [0.25, 0.3) is 11.3 Å². The Morgan fingerprint density at radius 3 is 2.48 bits per heavy atom. The summed E-state index contributed by atoms with van der Waals surface area (Å²) in [5, 5.41) is 0. The van der Waals surface area contributed by atoms with E-state index >= 15 is 0 Å². The fraction of sp³-hybridized carbons (Fsp3) is 0.118. The molecule has 0 saturated heterocycles. The monoisotopic (exact) mass is 279 g/mol. The maximum Gasteiger partial charge on any atom is 0.229 e. The fourth-order valence-corrected chi connectivity index (χ4v) is 2.38. The van der Waals surface area contributed by atoms with Crippen molar-refractivity contribution in [1.82, 2.24) is 4.98 Å². The second-order valence-electron chi connectivity index (χ2n) is 4.81. The first-order valence-electron chi connectivity index (χ1n) is 6.53. The molecule has 0 N–H and O–H groups in total. The third-order valence-corrected chi connectivity index (χ3v) is 3.50. The van der Waals surface area contributed by atoms with Gasteiger partial charge in [-0.15, -0.1) is 0 Å². The predicted octanol–water partition coefficient (Wildman–Crippen LogP) is 2.97. The van der Waals surface area contributed by atoms with Crippen LogP contribution in [-0.2, 0) is 4.74 Å². The lowest BCUT2D eigenvalue weighted by Crippen LogP contribution is -2.19. The van der Waals surface area contributed by atoms with Crippen LogP contribution in [0.4, 0.5) is 0 Å². The van der Waals surface area contributed by atoms with E-state index < -0.39 is 0 Å². The molecule has 0 saturated carbocycles. The third kappa shape index (κ3) is 2.14. The van der Waals surface area contributed by atoms with Crippen LogP contribution in [0, 0.1) is 6.92 Å². The van der Waals surface area contributed by atoms with Gasteiger partial charge in [-0.05, 0) is 24.6 Å². The summed E-state index contributed by atoms with van der Waals surface area (Å²) < 4.78 is 4.93. The van der Waals surface area contributed by atoms with Crippen molar-refractivity contribution in [3.05, 3.63) is 65.1 Å². The molecule has 0 unspecified atom stereocenters. The number of hydrogen-bond donors (Lipinski definition) is 0. The van der Waals surface area contributed by atoms with Gasteiger partial charge in [-0.1, -0.05) is 24.3 Å². The first-order chi connectivity index (χ1) is 10.1. The molecule has 0 spiro atoms. The van der Waals surface area contributed by atoms with E-state index in [1.54, 1.807) is 12.1 Å². The van der Waals surface area contributed by atoms with Gasteiger partial charge in [0.2, 0.25) is 11.6 Å². The Balaban J connectivity index is 2.14. The SMILES string of the molecule is COC1=CC(=O)c2nc(-c3ccccc3C)ccc2C1=O. The van der Waals surface area contributed by atoms with E-state index in [4.69, 9.17) is 4.74 Å². The molecule has 104 valence electrons. The molecule has 0 radical (unpaired) electrons. The van der Waals surface area contributed by atoms with Crippen LogP contribution >= 0.6 is 0 Å². The predicted molar refractivity (Wildman–Crippen MR) is 78.2 cm³/mol. The molecule has 4 nitrogen and oxygen atoms in total. The molecule has 1 aliphatic rings. The normalized spacial score (nSPS) is 13.7. The number of rotatable bonds is 2. The minimum atomic E-state index is -0.309. The number of carbonyl (C=O) groups is 2. The van der Waals surface area contributed by atoms with Gasteiger partial charge in [0, 0.05) is 11.6 Å². The topological polar surface area (TPSA) is 56.3 Å². The Kier molecular flexibility index (Phi) is 3.14. The number of ketones is 2. The lowest BCUT2D eigenvalue weighted by atomic mass is 9.96. The van der Waals surface area contributed by atoms with E-state index in [9.17, 15) is 9.59 Å². The zero-order valence-electron chi connectivity index (χ0n) is 11.7. The Morgan fingerprint density at radius 1 is 1.00 bits per heavy atom. The van der Waals surface area contributed by atoms with Crippen molar-refractivity contribution >= 4 is 11.6 Å². The molecule has 21 heavy (non-hydrogen) atoms. The van der Waals surface area contributed by atoms with Crippen molar-refractivity contribution in [2.24, 2.45) is 0 Å². The standard InChI is InChI=1S/C17H13NO3/c1-10-5-3-4-6-11(10)13-8-7-12-16(18-13)14(19)9-15(21-2)17(12)20/h3-9H,1-2H3. The fourth-order valence-electron chi connectivity index (χ4n) is 2.38. The summed E-state index contributed by atoms with van der Waals surface area (Å²) in [6.45, 7) is 1.98. The first kappa shape index (κ1) is 13.2. The van der Waals surface area contributed by atoms with E-state index in [0.29, 0.717) is 5.69 Å². The van der Waals surface area contributed by atoms with Crippen LogP contribution in [0.15, 0.2) is 48.2 Å². The largest absolute Gasteiger partial charge is 0.492 e. The number of methoxy groups -OCH3 is 1. The second-order valence-corrected chi connectivity index (χ2v) is 4.81. The highest BCUT2D eigenvalue weighted by molar-refractivity contribution is 6.23. The Hall–Kier alpha value is -2.75. The number of nitrogens with zero attached hydrogens (tertiary/aromatic N) is 1. The zero-order valence-corrected chi connectivity index (χ0v) is 11.7. The average Bonchev–Trinajstić information content (AvgIpc) is 2.51. The summed E-state index contributed by atoms with van der Waals surface area (Å²) in [4.78, 5) is 28.6. The Morgan fingerprint density at radius 2 is 1.76 bits per heavy atom. The lowest BCUT2D eigenvalue weighted by molar-refractivity contribution is 0.0914. The number of ether oxygens (including phenoxy) is 1. The van der Waals surface area contributed by atoms with Gasteiger partial charge in [0.15, 0.2) is 5.76 Å². The van der Waals surface area contributed by atoms with E-state index in [2.05, 4.69) is 4.98 Å². The van der Waals surface area contributed by atoms with Gasteiger partial charge in [0.25, 0.3) is 0 Å². The first-order valence-corrected chi connectivity index (χ1v) is 6.53. The van der Waals surface area contributed by atoms with Crippen LogP contribution in [0.3, 0.4) is 0 Å². The molecular formula is C17H13NO3. The smallest absolute Gasteiger partial charge is 0.229 e. The van der Waals surface area contributed by atoms with Gasteiger partial charge in [-0.25, -0.2) is 4.98 Å². The lowest BCUT2D eigenvalue weighted by Gasteiger charge is -2.14. The molecule has 0 atom stereocenters. The molecule has 1 aromatic heterocycles. The van der Waals surface area contributed by atoms with E-state index in [0.717, 1.165) is 11.1 Å². The van der Waals surface area contributed by atoms with Gasteiger partial charge < -0.3 is 4.74 Å². The number of fused-ring (bicyclic) bond motifs is 1. The van der Waals surface area contributed by atoms with Crippen molar-refractivity contribution in [2.75, 3.05) is 7.11 Å². The van der Waals surface area contributed by atoms with Gasteiger partial charge in [0.05, 0.1) is 18.4 Å². The highest BCUT2D eigenvalue weighted by Crippen LogP contribution is 2.26. The number of Topliss-reactive ketones (excluding diaryl/α,β-unsaturated/α-hetero) is 1. The number of carbonyl (C=O) groups excluding carboxylic acids is 2. The van der Waals surface area contributed by atoms with Crippen LogP contribution in [0.2, 0.25) is 0 Å². The van der Waals surface area contributed by atoms with Crippen molar-refractivity contribution in [2.45, 2.75) is 6.92 Å². The summed E-state index contributed by atoms with van der Waals surface area (Å²) in [6.07, 6.45) is 1.19. The number of benzene rings is 1. The Bertz CT molecular complexity index is 790. The third-order valence-electron chi connectivity index (χ3n) is 3.50. The molecule has 0 bridgehead atoms. The number of pyridine rings is 1. The number of aryl methyl sites for hydroxylation is 1. The molecular weight excluding hydrogens is 266 g/mol. The van der Waals surface area contributed by atoms with Gasteiger partial charge in [-0.2, -0.15) is 0 Å². The van der Waals surface area contributed by atoms with Crippen molar-refractivity contribution in [1.29, 1.82) is 0 Å². The van der Waals surface area contributed by atoms with Crippen molar-refractivity contribution in [3.63, 3.8) is 0 Å². The molecule has 0 aliphatic heterocycles. The maximum atomic E-state index is 12.1. The number of allylic oxidation sites excluding steroid dienone is 2. The van der Waals surface area contributed by atoms with E-state index in [-0.39, 0.29) is 28.6 Å². The molecule has 1 aromatic carbocycles. The molecule has 0 amide bonds. The molecule has 1 heterocycles. The summed E-state index contributed by atoms with van der Waals surface area (Å²) in [5.41, 5.74) is 3.16. The summed E-state index contributed by atoms with van der Waals surface area (Å²) in [6, 6.07) is 11.2. The van der Waals surface area contributed by atoms with Gasteiger partial charge in [0.1, 0.15) is 5.69 Å². The van der Waals surface area contributed by atoms with Crippen molar-refractivity contribution in [3.8, 4) is 11.3 Å². The zero-order chi connectivity index (χ0) is 15.0. The van der Waals surface area contributed by atoms with E-state index in [1.807, 2.05) is 31.2 Å². The average molecular weight is 279 g/mol. The quantitative estimate of drug-likeness (QED) is 0.848. The van der Waals surface area contributed by atoms with Gasteiger partial charge in [-0.3, -0.25) is 9.59 Å². The van der Waals surface area contributed by atoms with E-state index in [1.165, 1.54) is 13.2 Å². The molecule has 1 aliphatic carbocycles. The van der Waals surface area contributed by atoms with Gasteiger partial charge >= 0.3 is 0 Å². The summed E-state index contributed by atoms with van der Waals surface area (Å²) in [5.74, 6) is -0.564. The highest BCUT2D eigenvalue weighted by atomic mass is 16.5. The van der Waals surface area contributed by atoms with Crippen LogP contribution in [-0.4, -0.2) is 23.7 Å². The minimum absolute atomic E-state index is 0.0536. The van der Waals surface area contributed by atoms with Crippen molar-refractivity contribution < 1.29 is 14.3 Å². The molecule has 4 heteroatoms.